The van der Waals surface area contributed by atoms with E-state index >= 15 is 0 Å². The van der Waals surface area contributed by atoms with Crippen molar-refractivity contribution in [1.29, 1.82) is 0 Å². The van der Waals surface area contributed by atoms with Gasteiger partial charge in [-0.25, -0.2) is 4.79 Å². The monoisotopic (exact) mass is 342 g/mol. The van der Waals surface area contributed by atoms with Crippen LogP contribution in [0.5, 0.6) is 0 Å². The molecule has 0 fully saturated rings. The summed E-state index contributed by atoms with van der Waals surface area (Å²) >= 11 is 0. The van der Waals surface area contributed by atoms with E-state index in [0.29, 0.717) is 12.2 Å². The fourth-order valence-electron chi connectivity index (χ4n) is 2.59. The van der Waals surface area contributed by atoms with Crippen LogP contribution in [-0.4, -0.2) is 26.8 Å². The molecule has 2 N–H and O–H groups in total. The van der Waals surface area contributed by atoms with Crippen molar-refractivity contribution in [3.63, 3.8) is 0 Å². The lowest BCUT2D eigenvalue weighted by Gasteiger charge is -2.22. The standard InChI is InChI=1S/C18H22N4O3/c1-11-20-16(25-22-11)15(24-17(23)21-18(2,3)4)9-12-10-19-14-8-6-5-7-13(12)14/h5-8,10,15,19H,9H2,1-4H3,(H,21,23). The van der Waals surface area contributed by atoms with Gasteiger partial charge in [0.15, 0.2) is 11.9 Å². The fraction of sp³-hybridized carbons (Fsp3) is 0.389. The van der Waals surface area contributed by atoms with Gasteiger partial charge in [-0.1, -0.05) is 23.4 Å². The van der Waals surface area contributed by atoms with E-state index in [1.54, 1.807) is 6.92 Å². The van der Waals surface area contributed by atoms with Crippen molar-refractivity contribution in [2.24, 2.45) is 0 Å². The fourth-order valence-corrected chi connectivity index (χ4v) is 2.59. The molecule has 0 bridgehead atoms. The number of carbonyl (C=O) groups excluding carboxylic acids is 1. The summed E-state index contributed by atoms with van der Waals surface area (Å²) < 4.78 is 10.8. The Labute approximate surface area is 145 Å². The molecule has 25 heavy (non-hydrogen) atoms. The molecule has 3 aromatic rings. The number of aromatic nitrogens is 3. The van der Waals surface area contributed by atoms with Crippen LogP contribution in [0.15, 0.2) is 35.0 Å². The minimum absolute atomic E-state index is 0.284. The number of rotatable bonds is 4. The second-order valence-electron chi connectivity index (χ2n) is 7.01. The van der Waals surface area contributed by atoms with Gasteiger partial charge in [0.25, 0.3) is 5.89 Å². The Balaban J connectivity index is 1.85. The lowest BCUT2D eigenvalue weighted by Crippen LogP contribution is -2.41. The number of hydrogen-bond donors (Lipinski definition) is 2. The molecule has 0 aliphatic heterocycles. The quantitative estimate of drug-likeness (QED) is 0.754. The number of fused-ring (bicyclic) bond motifs is 1. The van der Waals surface area contributed by atoms with Gasteiger partial charge < -0.3 is 19.6 Å². The summed E-state index contributed by atoms with van der Waals surface area (Å²) in [7, 11) is 0. The molecular weight excluding hydrogens is 320 g/mol. The van der Waals surface area contributed by atoms with Crippen molar-refractivity contribution in [1.82, 2.24) is 20.4 Å². The highest BCUT2D eigenvalue weighted by atomic mass is 16.6. The normalized spacial score (nSPS) is 13.0. The summed E-state index contributed by atoms with van der Waals surface area (Å²) in [5.74, 6) is 0.783. The first-order valence-electron chi connectivity index (χ1n) is 8.16. The summed E-state index contributed by atoms with van der Waals surface area (Å²) in [6.45, 7) is 7.39. The zero-order valence-corrected chi connectivity index (χ0v) is 14.8. The van der Waals surface area contributed by atoms with E-state index in [4.69, 9.17) is 9.26 Å². The van der Waals surface area contributed by atoms with Crippen LogP contribution in [0.3, 0.4) is 0 Å². The van der Waals surface area contributed by atoms with Gasteiger partial charge in [-0.2, -0.15) is 4.98 Å². The predicted octanol–water partition coefficient (Wildman–Crippen LogP) is 3.67. The van der Waals surface area contributed by atoms with Crippen molar-refractivity contribution in [2.45, 2.75) is 45.8 Å². The lowest BCUT2D eigenvalue weighted by molar-refractivity contribution is 0.0722. The van der Waals surface area contributed by atoms with Gasteiger partial charge >= 0.3 is 6.09 Å². The first kappa shape index (κ1) is 17.0. The van der Waals surface area contributed by atoms with Gasteiger partial charge in [0.1, 0.15) is 0 Å². The van der Waals surface area contributed by atoms with Crippen LogP contribution in [0, 0.1) is 6.92 Å². The zero-order valence-electron chi connectivity index (χ0n) is 14.8. The highest BCUT2D eigenvalue weighted by Crippen LogP contribution is 2.26. The van der Waals surface area contributed by atoms with E-state index < -0.39 is 17.7 Å². The van der Waals surface area contributed by atoms with Gasteiger partial charge in [0, 0.05) is 29.1 Å². The van der Waals surface area contributed by atoms with Gasteiger partial charge in [0.2, 0.25) is 0 Å². The summed E-state index contributed by atoms with van der Waals surface area (Å²) in [4.78, 5) is 19.7. The number of carbonyl (C=O) groups is 1. The molecule has 7 heteroatoms. The third-order valence-electron chi connectivity index (χ3n) is 3.63. The van der Waals surface area contributed by atoms with Crippen LogP contribution in [0.2, 0.25) is 0 Å². The molecule has 2 heterocycles. The van der Waals surface area contributed by atoms with Crippen molar-refractivity contribution in [2.75, 3.05) is 0 Å². The van der Waals surface area contributed by atoms with Crippen LogP contribution < -0.4 is 5.32 Å². The van der Waals surface area contributed by atoms with E-state index in [0.717, 1.165) is 16.5 Å². The zero-order chi connectivity index (χ0) is 18.0. The lowest BCUT2D eigenvalue weighted by atomic mass is 10.1. The Bertz CT molecular complexity index is 876. The van der Waals surface area contributed by atoms with Gasteiger partial charge in [-0.15, -0.1) is 0 Å². The second kappa shape index (κ2) is 6.58. The Hall–Kier alpha value is -2.83. The molecule has 1 unspecified atom stereocenters. The van der Waals surface area contributed by atoms with E-state index in [9.17, 15) is 4.79 Å². The topological polar surface area (TPSA) is 93.0 Å². The third-order valence-corrected chi connectivity index (χ3v) is 3.63. The number of aromatic amines is 1. The Morgan fingerprint density at radius 3 is 2.80 bits per heavy atom. The number of hydrogen-bond acceptors (Lipinski definition) is 5. The molecule has 7 nitrogen and oxygen atoms in total. The van der Waals surface area contributed by atoms with E-state index in [2.05, 4.69) is 20.4 Å². The number of benzene rings is 1. The molecule has 1 atom stereocenters. The van der Waals surface area contributed by atoms with E-state index in [-0.39, 0.29) is 5.89 Å². The van der Waals surface area contributed by atoms with Crippen LogP contribution in [0.4, 0.5) is 4.79 Å². The average Bonchev–Trinajstić information content (AvgIpc) is 3.12. The Morgan fingerprint density at radius 1 is 1.36 bits per heavy atom. The number of para-hydroxylation sites is 1. The van der Waals surface area contributed by atoms with Crippen LogP contribution >= 0.6 is 0 Å². The first-order chi connectivity index (χ1) is 11.8. The second-order valence-corrected chi connectivity index (χ2v) is 7.01. The molecule has 0 aliphatic rings. The molecule has 0 saturated heterocycles. The largest absolute Gasteiger partial charge is 0.436 e. The molecule has 3 rings (SSSR count). The van der Waals surface area contributed by atoms with Gasteiger partial charge in [-0.3, -0.25) is 0 Å². The smallest absolute Gasteiger partial charge is 0.408 e. The van der Waals surface area contributed by atoms with Crippen LogP contribution in [0.1, 0.15) is 44.2 Å². The summed E-state index contributed by atoms with van der Waals surface area (Å²) in [5, 5.41) is 7.66. The Morgan fingerprint density at radius 2 is 2.12 bits per heavy atom. The maximum Gasteiger partial charge on any atom is 0.408 e. The summed E-state index contributed by atoms with van der Waals surface area (Å²) in [5.41, 5.74) is 1.64. The number of aryl methyl sites for hydroxylation is 1. The number of amides is 1. The molecule has 132 valence electrons. The molecule has 0 saturated carbocycles. The highest BCUT2D eigenvalue weighted by Gasteiger charge is 2.26. The SMILES string of the molecule is Cc1noc(C(Cc2c[nH]c3ccccc23)OC(=O)NC(C)(C)C)n1. The van der Waals surface area contributed by atoms with Crippen LogP contribution in [0.25, 0.3) is 10.9 Å². The highest BCUT2D eigenvalue weighted by molar-refractivity contribution is 5.83. The van der Waals surface area contributed by atoms with Gasteiger partial charge in [0.05, 0.1) is 0 Å². The molecule has 1 aromatic carbocycles. The molecule has 1 amide bonds. The summed E-state index contributed by atoms with van der Waals surface area (Å²) in [6, 6.07) is 7.96. The molecule has 0 aliphatic carbocycles. The molecule has 2 aromatic heterocycles. The number of nitrogens with zero attached hydrogens (tertiary/aromatic N) is 2. The maximum atomic E-state index is 12.2. The van der Waals surface area contributed by atoms with E-state index in [1.165, 1.54) is 0 Å². The molecular formula is C18H22N4O3. The van der Waals surface area contributed by atoms with Crippen molar-refractivity contribution < 1.29 is 14.1 Å². The van der Waals surface area contributed by atoms with Crippen molar-refractivity contribution >= 4 is 17.0 Å². The molecule has 0 radical (unpaired) electrons. The molecule has 0 spiro atoms. The minimum atomic E-state index is -0.664. The number of alkyl carbamates (subject to hydrolysis) is 1. The maximum absolute atomic E-state index is 12.2. The number of nitrogens with one attached hydrogen (secondary N) is 2. The summed E-state index contributed by atoms with van der Waals surface area (Å²) in [6.07, 6.45) is 1.16. The predicted molar refractivity (Wildman–Crippen MR) is 93.1 cm³/mol. The van der Waals surface area contributed by atoms with E-state index in [1.807, 2.05) is 51.2 Å². The Kier molecular flexibility index (Phi) is 4.48. The van der Waals surface area contributed by atoms with Crippen molar-refractivity contribution in [3.05, 3.63) is 47.7 Å². The van der Waals surface area contributed by atoms with Crippen molar-refractivity contribution in [3.8, 4) is 0 Å². The number of ether oxygens (including phenoxy) is 1. The third kappa shape index (κ3) is 4.17. The minimum Gasteiger partial charge on any atom is -0.436 e. The van der Waals surface area contributed by atoms with Crippen LogP contribution in [-0.2, 0) is 11.2 Å². The number of H-pyrrole nitrogens is 1. The average molecular weight is 342 g/mol. The van der Waals surface area contributed by atoms with Gasteiger partial charge in [-0.05, 0) is 39.3 Å². The first-order valence-corrected chi connectivity index (χ1v) is 8.16.